The van der Waals surface area contributed by atoms with E-state index in [0.29, 0.717) is 6.54 Å². The molecule has 2 atom stereocenters. The topological polar surface area (TPSA) is 49.8 Å². The van der Waals surface area contributed by atoms with Crippen molar-refractivity contribution in [3.8, 4) is 0 Å². The van der Waals surface area contributed by atoms with Gasteiger partial charge in [-0.1, -0.05) is 48.0 Å². The normalized spacial score (nSPS) is 23.8. The Hall–Kier alpha value is -0.770. The molecule has 1 unspecified atom stereocenters. The summed E-state index contributed by atoms with van der Waals surface area (Å²) in [7, 11) is 0. The summed E-state index contributed by atoms with van der Waals surface area (Å²) >= 11 is 0. The molecule has 1 amide bonds. The first-order valence-electron chi connectivity index (χ1n) is 7.69. The molecule has 0 aromatic rings. The predicted molar refractivity (Wildman–Crippen MR) is 80.6 cm³/mol. The molecular formula is C16H31NO3. The molecule has 0 aliphatic carbocycles. The molecule has 0 bridgehead atoms. The summed E-state index contributed by atoms with van der Waals surface area (Å²) in [5.74, 6) is 0. The van der Waals surface area contributed by atoms with Gasteiger partial charge in [-0.2, -0.15) is 0 Å². The number of nitrogens with zero attached hydrogens (tertiary/aromatic N) is 1. The lowest BCUT2D eigenvalue weighted by atomic mass is 9.86. The maximum absolute atomic E-state index is 12.4. The second-order valence-corrected chi connectivity index (χ2v) is 7.86. The molecule has 0 saturated carbocycles. The van der Waals surface area contributed by atoms with E-state index >= 15 is 0 Å². The van der Waals surface area contributed by atoms with E-state index in [2.05, 4.69) is 41.5 Å². The van der Waals surface area contributed by atoms with Gasteiger partial charge in [0.15, 0.2) is 0 Å². The van der Waals surface area contributed by atoms with E-state index in [1.165, 1.54) is 0 Å². The second-order valence-electron chi connectivity index (χ2n) is 7.86. The van der Waals surface area contributed by atoms with Gasteiger partial charge in [0.1, 0.15) is 6.10 Å². The van der Waals surface area contributed by atoms with Gasteiger partial charge in [0.25, 0.3) is 0 Å². The summed E-state index contributed by atoms with van der Waals surface area (Å²) in [5.41, 5.74) is -0.00990. The molecule has 1 aliphatic heterocycles. The van der Waals surface area contributed by atoms with Crippen LogP contribution in [-0.4, -0.2) is 41.4 Å². The van der Waals surface area contributed by atoms with Crippen molar-refractivity contribution in [2.75, 3.05) is 13.2 Å². The van der Waals surface area contributed by atoms with Crippen molar-refractivity contribution in [3.63, 3.8) is 0 Å². The van der Waals surface area contributed by atoms with E-state index in [1.807, 2.05) is 0 Å². The van der Waals surface area contributed by atoms with Gasteiger partial charge in [0, 0.05) is 6.54 Å². The maximum atomic E-state index is 12.4. The number of ether oxygens (including phenoxy) is 1. The zero-order valence-corrected chi connectivity index (χ0v) is 13.9. The van der Waals surface area contributed by atoms with E-state index in [1.54, 1.807) is 4.90 Å². The Labute approximate surface area is 123 Å². The standard InChI is InChI=1S/C16H31NO3/c1-7-8-13(15(2,3)4)20-14(19)17-11-16(5,6)9-12(17)10-18/h12-13,18H,7-11H2,1-6H3/t12?,13-/m1/s1. The van der Waals surface area contributed by atoms with Crippen LogP contribution in [0.5, 0.6) is 0 Å². The molecule has 1 heterocycles. The molecule has 0 spiro atoms. The lowest BCUT2D eigenvalue weighted by molar-refractivity contribution is -0.000851. The van der Waals surface area contributed by atoms with Crippen LogP contribution in [0.1, 0.15) is 60.8 Å². The zero-order valence-electron chi connectivity index (χ0n) is 13.9. The van der Waals surface area contributed by atoms with Crippen molar-refractivity contribution in [1.29, 1.82) is 0 Å². The summed E-state index contributed by atoms with van der Waals surface area (Å²) in [6.07, 6.45) is 2.33. The molecule has 0 radical (unpaired) electrons. The minimum absolute atomic E-state index is 0.00644. The van der Waals surface area contributed by atoms with Crippen molar-refractivity contribution in [1.82, 2.24) is 4.90 Å². The van der Waals surface area contributed by atoms with Crippen LogP contribution in [0.2, 0.25) is 0 Å². The fraction of sp³-hybridized carbons (Fsp3) is 0.938. The van der Waals surface area contributed by atoms with Crippen molar-refractivity contribution < 1.29 is 14.6 Å². The first kappa shape index (κ1) is 17.3. The fourth-order valence-corrected chi connectivity index (χ4v) is 2.90. The zero-order chi connectivity index (χ0) is 15.6. The lowest BCUT2D eigenvalue weighted by Gasteiger charge is -2.33. The van der Waals surface area contributed by atoms with Crippen LogP contribution in [0.4, 0.5) is 4.79 Å². The third-order valence-electron chi connectivity index (χ3n) is 4.03. The summed E-state index contributed by atoms with van der Waals surface area (Å²) < 4.78 is 5.74. The second kappa shape index (κ2) is 6.33. The Bertz CT molecular complexity index is 333. The molecule has 20 heavy (non-hydrogen) atoms. The van der Waals surface area contributed by atoms with Gasteiger partial charge >= 0.3 is 6.09 Å². The van der Waals surface area contributed by atoms with Crippen molar-refractivity contribution >= 4 is 6.09 Å². The van der Waals surface area contributed by atoms with E-state index < -0.39 is 0 Å². The van der Waals surface area contributed by atoms with Gasteiger partial charge in [-0.05, 0) is 23.7 Å². The van der Waals surface area contributed by atoms with E-state index in [4.69, 9.17) is 4.74 Å². The summed E-state index contributed by atoms with van der Waals surface area (Å²) in [4.78, 5) is 14.1. The number of hydrogen-bond donors (Lipinski definition) is 1. The van der Waals surface area contributed by atoms with E-state index in [0.717, 1.165) is 19.3 Å². The first-order chi connectivity index (χ1) is 9.10. The lowest BCUT2D eigenvalue weighted by Crippen LogP contribution is -2.42. The smallest absolute Gasteiger partial charge is 0.410 e. The Balaban J connectivity index is 2.74. The Morgan fingerprint density at radius 2 is 2.05 bits per heavy atom. The van der Waals surface area contributed by atoms with Crippen molar-refractivity contribution in [2.24, 2.45) is 10.8 Å². The number of likely N-dealkylation sites (tertiary alicyclic amines) is 1. The summed E-state index contributed by atoms with van der Waals surface area (Å²) in [5, 5.41) is 9.47. The highest BCUT2D eigenvalue weighted by Crippen LogP contribution is 2.35. The summed E-state index contributed by atoms with van der Waals surface area (Å²) in [6.45, 7) is 13.3. The van der Waals surface area contributed by atoms with E-state index in [9.17, 15) is 9.90 Å². The van der Waals surface area contributed by atoms with Gasteiger partial charge in [-0.25, -0.2) is 4.79 Å². The number of aliphatic hydroxyl groups is 1. The van der Waals surface area contributed by atoms with Crippen LogP contribution >= 0.6 is 0 Å². The molecule has 4 nitrogen and oxygen atoms in total. The number of carbonyl (C=O) groups excluding carboxylic acids is 1. The van der Waals surface area contributed by atoms with Crippen LogP contribution in [0.15, 0.2) is 0 Å². The van der Waals surface area contributed by atoms with Crippen molar-refractivity contribution in [2.45, 2.75) is 73.0 Å². The Morgan fingerprint density at radius 1 is 1.45 bits per heavy atom. The quantitative estimate of drug-likeness (QED) is 0.861. The van der Waals surface area contributed by atoms with Gasteiger partial charge in [-0.3, -0.25) is 0 Å². The van der Waals surface area contributed by atoms with Crippen LogP contribution < -0.4 is 0 Å². The third kappa shape index (κ3) is 4.37. The van der Waals surface area contributed by atoms with Crippen LogP contribution in [0.3, 0.4) is 0 Å². The van der Waals surface area contributed by atoms with E-state index in [-0.39, 0.29) is 35.7 Å². The minimum Gasteiger partial charge on any atom is -0.446 e. The molecule has 1 aliphatic rings. The highest BCUT2D eigenvalue weighted by atomic mass is 16.6. The Morgan fingerprint density at radius 3 is 2.50 bits per heavy atom. The first-order valence-corrected chi connectivity index (χ1v) is 7.69. The number of hydrogen-bond acceptors (Lipinski definition) is 3. The number of carbonyl (C=O) groups is 1. The van der Waals surface area contributed by atoms with Gasteiger partial charge in [0.05, 0.1) is 12.6 Å². The molecule has 0 aromatic heterocycles. The predicted octanol–water partition coefficient (Wildman–Crippen LogP) is 3.43. The molecule has 118 valence electrons. The molecule has 1 fully saturated rings. The SMILES string of the molecule is CCC[C@@H](OC(=O)N1CC(C)(C)CC1CO)C(C)(C)C. The number of rotatable bonds is 4. The third-order valence-corrected chi connectivity index (χ3v) is 4.03. The molecule has 0 aromatic carbocycles. The van der Waals surface area contributed by atoms with Gasteiger partial charge < -0.3 is 14.7 Å². The van der Waals surface area contributed by atoms with Gasteiger partial charge in [0.2, 0.25) is 0 Å². The van der Waals surface area contributed by atoms with Crippen LogP contribution in [-0.2, 0) is 4.74 Å². The average molecular weight is 285 g/mol. The van der Waals surface area contributed by atoms with Crippen LogP contribution in [0.25, 0.3) is 0 Å². The molecule has 4 heteroatoms. The highest BCUT2D eigenvalue weighted by Gasteiger charge is 2.41. The summed E-state index contributed by atoms with van der Waals surface area (Å²) in [6, 6.07) is -0.111. The number of amides is 1. The average Bonchev–Trinajstić information content (AvgIpc) is 2.63. The highest BCUT2D eigenvalue weighted by molar-refractivity contribution is 5.69. The molecule has 1 N–H and O–H groups in total. The minimum atomic E-state index is -0.275. The maximum Gasteiger partial charge on any atom is 0.410 e. The van der Waals surface area contributed by atoms with Gasteiger partial charge in [-0.15, -0.1) is 0 Å². The number of aliphatic hydroxyl groups excluding tert-OH is 1. The largest absolute Gasteiger partial charge is 0.446 e. The van der Waals surface area contributed by atoms with Crippen molar-refractivity contribution in [3.05, 3.63) is 0 Å². The Kier molecular flexibility index (Phi) is 5.47. The monoisotopic (exact) mass is 285 g/mol. The fourth-order valence-electron chi connectivity index (χ4n) is 2.90. The molecule has 1 rings (SSSR count). The molecular weight excluding hydrogens is 254 g/mol. The molecule has 1 saturated heterocycles. The van der Waals surface area contributed by atoms with Crippen LogP contribution in [0, 0.1) is 10.8 Å².